The first-order chi connectivity index (χ1) is 8.29. The summed E-state index contributed by atoms with van der Waals surface area (Å²) in [6, 6.07) is 0. The normalized spacial score (nSPS) is 22.8. The minimum atomic E-state index is -1.79. The van der Waals surface area contributed by atoms with Gasteiger partial charge < -0.3 is 15.1 Å². The number of rotatable bonds is 5. The molecule has 0 aromatic heterocycles. The van der Waals surface area contributed by atoms with E-state index >= 15 is 0 Å². The van der Waals surface area contributed by atoms with Crippen LogP contribution in [0.3, 0.4) is 0 Å². The summed E-state index contributed by atoms with van der Waals surface area (Å²) in [6.07, 6.45) is -1.09. The van der Waals surface area contributed by atoms with Crippen LogP contribution in [0.1, 0.15) is 19.8 Å². The van der Waals surface area contributed by atoms with E-state index in [2.05, 4.69) is 0 Å². The molecule has 1 fully saturated rings. The molecule has 0 aromatic carbocycles. The minimum Gasteiger partial charge on any atom is -0.481 e. The number of hydrogen-bond acceptors (Lipinski definition) is 5. The van der Waals surface area contributed by atoms with Crippen LogP contribution in [0.4, 0.5) is 0 Å². The van der Waals surface area contributed by atoms with Crippen molar-refractivity contribution in [1.29, 1.82) is 0 Å². The summed E-state index contributed by atoms with van der Waals surface area (Å²) in [5.74, 6) is -3.36. The van der Waals surface area contributed by atoms with Crippen LogP contribution in [0.5, 0.6) is 0 Å². The number of carbonyl (C=O) groups excluding carboxylic acids is 2. The molecule has 18 heavy (non-hydrogen) atoms. The van der Waals surface area contributed by atoms with Gasteiger partial charge in [-0.1, -0.05) is 0 Å². The van der Waals surface area contributed by atoms with E-state index in [0.29, 0.717) is 5.75 Å². The molecular weight excluding hydrogens is 262 g/mol. The fourth-order valence-corrected chi connectivity index (χ4v) is 3.11. The molecular formula is C10H13NO6S. The molecule has 7 nitrogen and oxygen atoms in total. The smallest absolute Gasteiger partial charge is 0.340 e. The second-order valence-electron chi connectivity index (χ2n) is 3.93. The quantitative estimate of drug-likeness (QED) is 0.668. The maximum absolute atomic E-state index is 11.8. The van der Waals surface area contributed by atoms with E-state index in [0.717, 1.165) is 16.7 Å². The Labute approximate surface area is 107 Å². The number of thioether (sulfide) groups is 1. The number of Topliss-reactive ketones (excluding diaryl/α,β-unsaturated/α-hetero) is 1. The molecule has 100 valence electrons. The molecule has 1 heterocycles. The van der Waals surface area contributed by atoms with Gasteiger partial charge in [-0.2, -0.15) is 0 Å². The minimum absolute atomic E-state index is 0.135. The number of hydrogen-bond donors (Lipinski definition) is 2. The average molecular weight is 275 g/mol. The number of amides is 1. The summed E-state index contributed by atoms with van der Waals surface area (Å²) >= 11 is 0.903. The zero-order valence-electron chi connectivity index (χ0n) is 9.71. The van der Waals surface area contributed by atoms with Crippen molar-refractivity contribution >= 4 is 35.4 Å². The highest BCUT2D eigenvalue weighted by Crippen LogP contribution is 2.39. The van der Waals surface area contributed by atoms with Gasteiger partial charge in [-0.05, 0) is 6.92 Å². The van der Waals surface area contributed by atoms with Crippen LogP contribution in [-0.2, 0) is 19.2 Å². The highest BCUT2D eigenvalue weighted by Gasteiger charge is 2.52. The Morgan fingerprint density at radius 2 is 1.89 bits per heavy atom. The number of carboxylic acid groups (broad SMARTS) is 2. The Bertz CT molecular complexity index is 409. The molecule has 1 amide bonds. The monoisotopic (exact) mass is 275 g/mol. The van der Waals surface area contributed by atoms with Crippen molar-refractivity contribution < 1.29 is 29.4 Å². The fourth-order valence-electron chi connectivity index (χ4n) is 1.80. The van der Waals surface area contributed by atoms with Crippen LogP contribution >= 0.6 is 11.8 Å². The lowest BCUT2D eigenvalue weighted by molar-refractivity contribution is -0.156. The number of aliphatic carboxylic acids is 2. The summed E-state index contributed by atoms with van der Waals surface area (Å²) in [7, 11) is 0. The third-order valence-corrected chi connectivity index (χ3v) is 3.92. The Kier molecular flexibility index (Phi) is 4.33. The van der Waals surface area contributed by atoms with Gasteiger partial charge >= 0.3 is 11.9 Å². The summed E-state index contributed by atoms with van der Waals surface area (Å²) in [4.78, 5) is 43.9. The Morgan fingerprint density at radius 1 is 1.28 bits per heavy atom. The first-order valence-corrected chi connectivity index (χ1v) is 6.17. The maximum Gasteiger partial charge on any atom is 0.340 e. The van der Waals surface area contributed by atoms with E-state index in [4.69, 9.17) is 5.11 Å². The van der Waals surface area contributed by atoms with Crippen molar-refractivity contribution in [1.82, 2.24) is 4.90 Å². The van der Waals surface area contributed by atoms with Gasteiger partial charge in [0.15, 0.2) is 4.87 Å². The molecule has 0 saturated carbocycles. The van der Waals surface area contributed by atoms with E-state index in [1.54, 1.807) is 0 Å². The SMILES string of the molecule is CC(=O)CC(=O)N1CCSC1(CC(=O)O)C(=O)O. The second-order valence-corrected chi connectivity index (χ2v) is 5.30. The van der Waals surface area contributed by atoms with Crippen LogP contribution in [0.15, 0.2) is 0 Å². The third-order valence-electron chi connectivity index (χ3n) is 2.52. The molecule has 2 N–H and O–H groups in total. The Balaban J connectivity index is 3.01. The highest BCUT2D eigenvalue weighted by atomic mass is 32.2. The molecule has 0 bridgehead atoms. The Hall–Kier alpha value is -1.57. The van der Waals surface area contributed by atoms with Crippen LogP contribution in [0, 0.1) is 0 Å². The second kappa shape index (κ2) is 5.38. The van der Waals surface area contributed by atoms with Crippen molar-refractivity contribution in [3.8, 4) is 0 Å². The molecule has 1 aliphatic rings. The third kappa shape index (κ3) is 2.81. The van der Waals surface area contributed by atoms with E-state index in [1.807, 2.05) is 0 Å². The number of carbonyl (C=O) groups is 4. The van der Waals surface area contributed by atoms with Crippen molar-refractivity contribution in [2.45, 2.75) is 24.6 Å². The van der Waals surface area contributed by atoms with Gasteiger partial charge in [0.25, 0.3) is 0 Å². The molecule has 0 spiro atoms. The topological polar surface area (TPSA) is 112 Å². The zero-order chi connectivity index (χ0) is 13.9. The number of carboxylic acids is 2. The molecule has 0 radical (unpaired) electrons. The average Bonchev–Trinajstić information content (AvgIpc) is 2.60. The van der Waals surface area contributed by atoms with E-state index in [1.165, 1.54) is 6.92 Å². The maximum atomic E-state index is 11.8. The molecule has 1 unspecified atom stereocenters. The largest absolute Gasteiger partial charge is 0.481 e. The number of nitrogens with zero attached hydrogens (tertiary/aromatic N) is 1. The van der Waals surface area contributed by atoms with Crippen molar-refractivity contribution in [2.75, 3.05) is 12.3 Å². The van der Waals surface area contributed by atoms with Crippen molar-refractivity contribution in [3.63, 3.8) is 0 Å². The zero-order valence-corrected chi connectivity index (χ0v) is 10.5. The van der Waals surface area contributed by atoms with Crippen LogP contribution < -0.4 is 0 Å². The predicted molar refractivity (Wildman–Crippen MR) is 62.1 cm³/mol. The highest BCUT2D eigenvalue weighted by molar-refractivity contribution is 8.01. The lowest BCUT2D eigenvalue weighted by Gasteiger charge is -2.32. The summed E-state index contributed by atoms with van der Waals surface area (Å²) in [5.41, 5.74) is 0. The van der Waals surface area contributed by atoms with E-state index in [-0.39, 0.29) is 12.3 Å². The molecule has 1 rings (SSSR count). The molecule has 1 saturated heterocycles. The lowest BCUT2D eigenvalue weighted by atomic mass is 10.1. The van der Waals surface area contributed by atoms with Gasteiger partial charge in [-0.25, -0.2) is 4.79 Å². The van der Waals surface area contributed by atoms with Gasteiger partial charge in [-0.3, -0.25) is 14.4 Å². The first-order valence-electron chi connectivity index (χ1n) is 5.18. The van der Waals surface area contributed by atoms with Gasteiger partial charge in [-0.15, -0.1) is 11.8 Å². The van der Waals surface area contributed by atoms with Crippen molar-refractivity contribution in [3.05, 3.63) is 0 Å². The van der Waals surface area contributed by atoms with Crippen molar-refractivity contribution in [2.24, 2.45) is 0 Å². The van der Waals surface area contributed by atoms with Gasteiger partial charge in [0.1, 0.15) is 5.78 Å². The van der Waals surface area contributed by atoms with E-state index < -0.39 is 35.6 Å². The standard InChI is InChI=1S/C10H13NO6S/c1-6(12)4-7(13)11-2-3-18-10(11,9(16)17)5-8(14)15/h2-5H2,1H3,(H,14,15)(H,16,17). The predicted octanol–water partition coefficient (Wildman–Crippen LogP) is -0.203. The molecule has 1 atom stereocenters. The molecule has 8 heteroatoms. The molecule has 0 aromatic rings. The first kappa shape index (κ1) is 14.5. The molecule has 0 aliphatic carbocycles. The summed E-state index contributed by atoms with van der Waals surface area (Å²) in [6.45, 7) is 1.36. The van der Waals surface area contributed by atoms with Crippen LogP contribution in [0.2, 0.25) is 0 Å². The van der Waals surface area contributed by atoms with Crippen LogP contribution in [-0.4, -0.2) is 55.9 Å². The van der Waals surface area contributed by atoms with Gasteiger partial charge in [0, 0.05) is 12.3 Å². The Morgan fingerprint density at radius 3 is 2.33 bits per heavy atom. The number of ketones is 1. The van der Waals surface area contributed by atoms with E-state index in [9.17, 15) is 24.3 Å². The summed E-state index contributed by atoms with van der Waals surface area (Å²) < 4.78 is 0. The fraction of sp³-hybridized carbons (Fsp3) is 0.600. The van der Waals surface area contributed by atoms with Crippen LogP contribution in [0.25, 0.3) is 0 Å². The van der Waals surface area contributed by atoms with Gasteiger partial charge in [0.05, 0.1) is 12.8 Å². The summed E-state index contributed by atoms with van der Waals surface area (Å²) in [5, 5.41) is 18.0. The molecule has 1 aliphatic heterocycles. The van der Waals surface area contributed by atoms with Gasteiger partial charge in [0.2, 0.25) is 5.91 Å². The lowest BCUT2D eigenvalue weighted by Crippen LogP contribution is -2.52.